The highest BCUT2D eigenvalue weighted by Gasteiger charge is 2.22. The fourth-order valence-corrected chi connectivity index (χ4v) is 3.79. The molecule has 0 aliphatic carbocycles. The number of aromatic carboxylic acids is 1. The Morgan fingerprint density at radius 2 is 1.96 bits per heavy atom. The molecule has 2 heterocycles. The van der Waals surface area contributed by atoms with Crippen LogP contribution in [0, 0.1) is 6.92 Å². The molecule has 0 aliphatic rings. The first kappa shape index (κ1) is 18.8. The summed E-state index contributed by atoms with van der Waals surface area (Å²) in [4.78, 5) is 41.3. The van der Waals surface area contributed by atoms with E-state index in [1.54, 1.807) is 13.8 Å². The molecule has 7 nitrogen and oxygen atoms in total. The SMILES string of the molecule is CCc1ccc(NC(=O)C(C)n2cnc3sc(C(=O)O)c(C)c3c2=O)cc1. The maximum absolute atomic E-state index is 12.8. The molecule has 1 atom stereocenters. The molecule has 0 radical (unpaired) electrons. The Bertz CT molecular complexity index is 1080. The summed E-state index contributed by atoms with van der Waals surface area (Å²) in [6.45, 7) is 5.23. The smallest absolute Gasteiger partial charge is 0.346 e. The minimum Gasteiger partial charge on any atom is -0.477 e. The molecule has 0 saturated heterocycles. The number of carbonyl (C=O) groups is 2. The largest absolute Gasteiger partial charge is 0.477 e. The first-order chi connectivity index (χ1) is 12.8. The van der Waals surface area contributed by atoms with Crippen molar-refractivity contribution in [2.45, 2.75) is 33.2 Å². The number of aromatic nitrogens is 2. The number of aryl methyl sites for hydroxylation is 2. The van der Waals surface area contributed by atoms with Crippen molar-refractivity contribution in [3.8, 4) is 0 Å². The molecule has 0 fully saturated rings. The van der Waals surface area contributed by atoms with E-state index in [4.69, 9.17) is 0 Å². The molecule has 3 rings (SSSR count). The van der Waals surface area contributed by atoms with Crippen LogP contribution in [-0.2, 0) is 11.2 Å². The summed E-state index contributed by atoms with van der Waals surface area (Å²) in [5.41, 5.74) is 1.75. The predicted octanol–water partition coefficient (Wildman–Crippen LogP) is 3.23. The molecule has 0 spiro atoms. The van der Waals surface area contributed by atoms with E-state index in [0.29, 0.717) is 16.1 Å². The Labute approximate surface area is 159 Å². The molecular weight excluding hydrogens is 366 g/mol. The minimum absolute atomic E-state index is 0.0838. The highest BCUT2D eigenvalue weighted by molar-refractivity contribution is 7.20. The third kappa shape index (κ3) is 3.48. The van der Waals surface area contributed by atoms with Gasteiger partial charge in [-0.1, -0.05) is 19.1 Å². The van der Waals surface area contributed by atoms with Gasteiger partial charge in [0.05, 0.1) is 11.7 Å². The van der Waals surface area contributed by atoms with Gasteiger partial charge in [-0.05, 0) is 43.5 Å². The van der Waals surface area contributed by atoms with Gasteiger partial charge < -0.3 is 10.4 Å². The summed E-state index contributed by atoms with van der Waals surface area (Å²) in [5, 5.41) is 12.3. The number of thiophene rings is 1. The van der Waals surface area contributed by atoms with Gasteiger partial charge in [0.1, 0.15) is 15.7 Å². The number of anilines is 1. The van der Waals surface area contributed by atoms with Crippen LogP contribution in [0.1, 0.15) is 40.7 Å². The van der Waals surface area contributed by atoms with Crippen LogP contribution < -0.4 is 10.9 Å². The minimum atomic E-state index is -1.09. The molecule has 140 valence electrons. The van der Waals surface area contributed by atoms with Gasteiger partial charge in [-0.15, -0.1) is 11.3 Å². The topological polar surface area (TPSA) is 101 Å². The Balaban J connectivity index is 1.92. The summed E-state index contributed by atoms with van der Waals surface area (Å²) in [6.07, 6.45) is 2.20. The molecule has 0 saturated carbocycles. The van der Waals surface area contributed by atoms with Crippen molar-refractivity contribution >= 4 is 39.1 Å². The summed E-state index contributed by atoms with van der Waals surface area (Å²) >= 11 is 0.957. The van der Waals surface area contributed by atoms with Crippen LogP contribution in [0.3, 0.4) is 0 Å². The van der Waals surface area contributed by atoms with E-state index in [1.807, 2.05) is 31.2 Å². The van der Waals surface area contributed by atoms with Gasteiger partial charge in [0.25, 0.3) is 5.56 Å². The van der Waals surface area contributed by atoms with Gasteiger partial charge in [-0.2, -0.15) is 0 Å². The second-order valence-electron chi connectivity index (χ2n) is 6.21. The maximum Gasteiger partial charge on any atom is 0.346 e. The highest BCUT2D eigenvalue weighted by Crippen LogP contribution is 2.27. The van der Waals surface area contributed by atoms with Crippen molar-refractivity contribution in [3.05, 3.63) is 57.0 Å². The van der Waals surface area contributed by atoms with Crippen LogP contribution in [0.4, 0.5) is 5.69 Å². The zero-order valence-corrected chi connectivity index (χ0v) is 16.0. The molecule has 8 heteroatoms. The fraction of sp³-hybridized carbons (Fsp3) is 0.263. The number of carboxylic acids is 1. The molecule has 2 N–H and O–H groups in total. The van der Waals surface area contributed by atoms with Crippen LogP contribution in [0.2, 0.25) is 0 Å². The number of carbonyl (C=O) groups excluding carboxylic acids is 1. The number of nitrogens with zero attached hydrogens (tertiary/aromatic N) is 2. The molecule has 3 aromatic rings. The van der Waals surface area contributed by atoms with Crippen molar-refractivity contribution in [1.82, 2.24) is 9.55 Å². The molecule has 1 aromatic carbocycles. The van der Waals surface area contributed by atoms with Gasteiger partial charge in [0.2, 0.25) is 5.91 Å². The number of nitrogens with one attached hydrogen (secondary N) is 1. The Kier molecular flexibility index (Phi) is 5.09. The van der Waals surface area contributed by atoms with E-state index in [9.17, 15) is 19.5 Å². The molecular formula is C19H19N3O4S. The van der Waals surface area contributed by atoms with Gasteiger partial charge in [-0.3, -0.25) is 14.2 Å². The summed E-state index contributed by atoms with van der Waals surface area (Å²) in [6, 6.07) is 6.70. The number of fused-ring (bicyclic) bond motifs is 1. The third-order valence-electron chi connectivity index (χ3n) is 4.50. The monoisotopic (exact) mass is 385 g/mol. The predicted molar refractivity (Wildman–Crippen MR) is 105 cm³/mol. The van der Waals surface area contributed by atoms with E-state index in [0.717, 1.165) is 23.3 Å². The second kappa shape index (κ2) is 7.32. The van der Waals surface area contributed by atoms with Crippen molar-refractivity contribution in [2.24, 2.45) is 0 Å². The van der Waals surface area contributed by atoms with E-state index in [2.05, 4.69) is 10.3 Å². The van der Waals surface area contributed by atoms with Crippen LogP contribution in [0.25, 0.3) is 10.2 Å². The second-order valence-corrected chi connectivity index (χ2v) is 7.21. The van der Waals surface area contributed by atoms with Gasteiger partial charge in [-0.25, -0.2) is 9.78 Å². The lowest BCUT2D eigenvalue weighted by Gasteiger charge is -2.15. The standard InChI is InChI=1S/C19H19N3O4S/c1-4-12-5-7-13(8-6-12)21-16(23)11(3)22-9-20-17-14(18(22)24)10(2)15(27-17)19(25)26/h5-9,11H,4H2,1-3H3,(H,21,23)(H,25,26). The Hall–Kier alpha value is -3.00. The normalized spacial score (nSPS) is 12.1. The first-order valence-electron chi connectivity index (χ1n) is 8.46. The van der Waals surface area contributed by atoms with Gasteiger partial charge >= 0.3 is 5.97 Å². The third-order valence-corrected chi connectivity index (χ3v) is 5.68. The average molecular weight is 385 g/mol. The Morgan fingerprint density at radius 3 is 2.56 bits per heavy atom. The van der Waals surface area contributed by atoms with Crippen molar-refractivity contribution in [2.75, 3.05) is 5.32 Å². The number of amides is 1. The van der Waals surface area contributed by atoms with E-state index >= 15 is 0 Å². The van der Waals surface area contributed by atoms with E-state index in [-0.39, 0.29) is 16.2 Å². The lowest BCUT2D eigenvalue weighted by Crippen LogP contribution is -2.31. The fourth-order valence-electron chi connectivity index (χ4n) is 2.81. The van der Waals surface area contributed by atoms with Crippen molar-refractivity contribution < 1.29 is 14.7 Å². The van der Waals surface area contributed by atoms with Crippen LogP contribution in [-0.4, -0.2) is 26.5 Å². The van der Waals surface area contributed by atoms with E-state index in [1.165, 1.54) is 10.9 Å². The summed E-state index contributed by atoms with van der Waals surface area (Å²) in [5.74, 6) is -1.45. The molecule has 1 amide bonds. The average Bonchev–Trinajstić information content (AvgIpc) is 3.00. The Morgan fingerprint density at radius 1 is 1.30 bits per heavy atom. The molecule has 0 aliphatic heterocycles. The maximum atomic E-state index is 12.8. The molecule has 27 heavy (non-hydrogen) atoms. The zero-order valence-electron chi connectivity index (χ0n) is 15.1. The molecule has 0 bridgehead atoms. The van der Waals surface area contributed by atoms with Crippen LogP contribution >= 0.6 is 11.3 Å². The summed E-state index contributed by atoms with van der Waals surface area (Å²) < 4.78 is 1.23. The molecule has 1 unspecified atom stereocenters. The lowest BCUT2D eigenvalue weighted by molar-refractivity contribution is -0.118. The van der Waals surface area contributed by atoms with Crippen molar-refractivity contribution in [3.63, 3.8) is 0 Å². The van der Waals surface area contributed by atoms with Crippen LogP contribution in [0.15, 0.2) is 35.4 Å². The van der Waals surface area contributed by atoms with E-state index < -0.39 is 17.6 Å². The highest BCUT2D eigenvalue weighted by atomic mass is 32.1. The first-order valence-corrected chi connectivity index (χ1v) is 9.28. The molecule has 2 aromatic heterocycles. The number of benzene rings is 1. The quantitative estimate of drug-likeness (QED) is 0.702. The number of carboxylic acid groups (broad SMARTS) is 1. The van der Waals surface area contributed by atoms with Crippen molar-refractivity contribution in [1.29, 1.82) is 0 Å². The van der Waals surface area contributed by atoms with Crippen LogP contribution in [0.5, 0.6) is 0 Å². The van der Waals surface area contributed by atoms with Gasteiger partial charge in [0, 0.05) is 5.69 Å². The zero-order chi connectivity index (χ0) is 19.7. The lowest BCUT2D eigenvalue weighted by atomic mass is 10.1. The number of hydrogen-bond donors (Lipinski definition) is 2. The summed E-state index contributed by atoms with van der Waals surface area (Å²) in [7, 11) is 0. The van der Waals surface area contributed by atoms with Gasteiger partial charge in [0.15, 0.2) is 0 Å². The number of hydrogen-bond acceptors (Lipinski definition) is 5. The number of rotatable bonds is 5.